The van der Waals surface area contributed by atoms with Crippen molar-refractivity contribution in [2.75, 3.05) is 20.8 Å². The Morgan fingerprint density at radius 1 is 1.00 bits per heavy atom. The SMILES string of the molecule is COc1ccc(OC)c([C@H]2CCCCN2S(=O)(=O)c2ccc(C)cc2)c1. The van der Waals surface area contributed by atoms with Crippen LogP contribution < -0.4 is 9.47 Å². The van der Waals surface area contributed by atoms with Crippen molar-refractivity contribution in [1.29, 1.82) is 0 Å². The second-order valence-electron chi connectivity index (χ2n) is 6.55. The first-order chi connectivity index (χ1) is 12.5. The van der Waals surface area contributed by atoms with Crippen LogP contribution >= 0.6 is 0 Å². The van der Waals surface area contributed by atoms with Crippen molar-refractivity contribution in [3.63, 3.8) is 0 Å². The quantitative estimate of drug-likeness (QED) is 0.795. The summed E-state index contributed by atoms with van der Waals surface area (Å²) < 4.78 is 39.0. The van der Waals surface area contributed by atoms with Crippen LogP contribution in [0.1, 0.15) is 36.4 Å². The Kier molecular flexibility index (Phi) is 5.53. The van der Waals surface area contributed by atoms with Gasteiger partial charge in [-0.2, -0.15) is 4.31 Å². The minimum absolute atomic E-state index is 0.264. The second-order valence-corrected chi connectivity index (χ2v) is 8.44. The minimum Gasteiger partial charge on any atom is -0.497 e. The van der Waals surface area contributed by atoms with E-state index in [0.717, 1.165) is 30.4 Å². The van der Waals surface area contributed by atoms with E-state index in [9.17, 15) is 8.42 Å². The van der Waals surface area contributed by atoms with Crippen LogP contribution in [0.25, 0.3) is 0 Å². The number of methoxy groups -OCH3 is 2. The third kappa shape index (κ3) is 3.57. The molecule has 0 N–H and O–H groups in total. The third-order valence-electron chi connectivity index (χ3n) is 4.88. The fourth-order valence-corrected chi connectivity index (χ4v) is 5.12. The van der Waals surface area contributed by atoms with E-state index >= 15 is 0 Å². The smallest absolute Gasteiger partial charge is 0.243 e. The first-order valence-corrected chi connectivity index (χ1v) is 10.2. The Morgan fingerprint density at radius 2 is 1.73 bits per heavy atom. The standard InChI is InChI=1S/C20H25NO4S/c1-15-7-10-17(11-8-15)26(22,23)21-13-5-4-6-19(21)18-14-16(24-2)9-12-20(18)25-3/h7-12,14,19H,4-6,13H2,1-3H3/t19-/m1/s1. The molecule has 2 aromatic carbocycles. The van der Waals surface area contributed by atoms with Crippen molar-refractivity contribution in [2.24, 2.45) is 0 Å². The van der Waals surface area contributed by atoms with Crippen LogP contribution in [-0.4, -0.2) is 33.5 Å². The highest BCUT2D eigenvalue weighted by Gasteiger charge is 2.36. The minimum atomic E-state index is -3.58. The summed E-state index contributed by atoms with van der Waals surface area (Å²) in [5, 5.41) is 0. The van der Waals surface area contributed by atoms with Crippen molar-refractivity contribution >= 4 is 10.0 Å². The van der Waals surface area contributed by atoms with Gasteiger partial charge in [-0.25, -0.2) is 8.42 Å². The molecule has 1 aliphatic heterocycles. The van der Waals surface area contributed by atoms with Gasteiger partial charge in [0.25, 0.3) is 0 Å². The van der Waals surface area contributed by atoms with E-state index in [1.54, 1.807) is 30.7 Å². The van der Waals surface area contributed by atoms with E-state index in [-0.39, 0.29) is 6.04 Å². The molecule has 2 aromatic rings. The van der Waals surface area contributed by atoms with E-state index in [1.807, 2.05) is 37.3 Å². The maximum atomic E-state index is 13.3. The summed E-state index contributed by atoms with van der Waals surface area (Å²) in [6.07, 6.45) is 2.59. The van der Waals surface area contributed by atoms with Gasteiger partial charge in [0.2, 0.25) is 10.0 Å². The largest absolute Gasteiger partial charge is 0.497 e. The van der Waals surface area contributed by atoms with Crippen molar-refractivity contribution in [3.8, 4) is 11.5 Å². The van der Waals surface area contributed by atoms with Crippen molar-refractivity contribution in [3.05, 3.63) is 53.6 Å². The fourth-order valence-electron chi connectivity index (χ4n) is 3.45. The molecule has 26 heavy (non-hydrogen) atoms. The molecule has 1 aliphatic rings. The van der Waals surface area contributed by atoms with Crippen LogP contribution in [0.15, 0.2) is 47.4 Å². The summed E-state index contributed by atoms with van der Waals surface area (Å²) >= 11 is 0. The molecule has 0 amide bonds. The van der Waals surface area contributed by atoms with Gasteiger partial charge in [-0.3, -0.25) is 0 Å². The van der Waals surface area contributed by atoms with Gasteiger partial charge in [-0.15, -0.1) is 0 Å². The Bertz CT molecular complexity index is 862. The first kappa shape index (κ1) is 18.7. The average Bonchev–Trinajstić information content (AvgIpc) is 2.67. The molecular formula is C20H25NO4S. The summed E-state index contributed by atoms with van der Waals surface area (Å²) in [6.45, 7) is 2.45. The maximum Gasteiger partial charge on any atom is 0.243 e. The molecule has 0 bridgehead atoms. The summed E-state index contributed by atoms with van der Waals surface area (Å²) in [5.41, 5.74) is 1.89. The van der Waals surface area contributed by atoms with Crippen LogP contribution in [0.3, 0.4) is 0 Å². The highest BCUT2D eigenvalue weighted by atomic mass is 32.2. The highest BCUT2D eigenvalue weighted by Crippen LogP contribution is 2.40. The number of hydrogen-bond acceptors (Lipinski definition) is 4. The van der Waals surface area contributed by atoms with E-state index in [4.69, 9.17) is 9.47 Å². The predicted molar refractivity (Wildman–Crippen MR) is 101 cm³/mol. The number of sulfonamides is 1. The van der Waals surface area contributed by atoms with Gasteiger partial charge in [0.15, 0.2) is 0 Å². The average molecular weight is 375 g/mol. The monoisotopic (exact) mass is 375 g/mol. The Balaban J connectivity index is 2.05. The van der Waals surface area contributed by atoms with Crippen LogP contribution in [0.2, 0.25) is 0 Å². The lowest BCUT2D eigenvalue weighted by atomic mass is 9.96. The van der Waals surface area contributed by atoms with Gasteiger partial charge >= 0.3 is 0 Å². The van der Waals surface area contributed by atoms with E-state index in [0.29, 0.717) is 22.9 Å². The van der Waals surface area contributed by atoms with Crippen molar-refractivity contribution in [2.45, 2.75) is 37.1 Å². The van der Waals surface area contributed by atoms with Gasteiger partial charge in [0.05, 0.1) is 25.2 Å². The lowest BCUT2D eigenvalue weighted by molar-refractivity contribution is 0.249. The predicted octanol–water partition coefficient (Wildman–Crippen LogP) is 3.93. The zero-order chi connectivity index (χ0) is 18.7. The molecule has 5 nitrogen and oxygen atoms in total. The van der Waals surface area contributed by atoms with Gasteiger partial charge in [0.1, 0.15) is 11.5 Å². The molecule has 0 radical (unpaired) electrons. The van der Waals surface area contributed by atoms with Crippen molar-refractivity contribution < 1.29 is 17.9 Å². The summed E-state index contributed by atoms with van der Waals surface area (Å²) in [6, 6.07) is 12.3. The van der Waals surface area contributed by atoms with Gasteiger partial charge in [0, 0.05) is 12.1 Å². The molecular weight excluding hydrogens is 350 g/mol. The highest BCUT2D eigenvalue weighted by molar-refractivity contribution is 7.89. The van der Waals surface area contributed by atoms with E-state index in [1.165, 1.54) is 0 Å². The molecule has 0 saturated carbocycles. The van der Waals surface area contributed by atoms with Crippen LogP contribution in [0.4, 0.5) is 0 Å². The van der Waals surface area contributed by atoms with E-state index in [2.05, 4.69) is 0 Å². The van der Waals surface area contributed by atoms with Gasteiger partial charge < -0.3 is 9.47 Å². The zero-order valence-corrected chi connectivity index (χ0v) is 16.3. The van der Waals surface area contributed by atoms with Crippen LogP contribution in [0, 0.1) is 6.92 Å². The van der Waals surface area contributed by atoms with Gasteiger partial charge in [-0.1, -0.05) is 24.1 Å². The second kappa shape index (κ2) is 7.68. The number of hydrogen-bond donors (Lipinski definition) is 0. The Labute approximate surface area is 155 Å². The number of nitrogens with zero attached hydrogens (tertiary/aromatic N) is 1. The summed E-state index contributed by atoms with van der Waals surface area (Å²) in [4.78, 5) is 0.330. The lowest BCUT2D eigenvalue weighted by Crippen LogP contribution is -2.38. The maximum absolute atomic E-state index is 13.3. The molecule has 0 spiro atoms. The Hall–Kier alpha value is -2.05. The van der Waals surface area contributed by atoms with Gasteiger partial charge in [-0.05, 0) is 50.1 Å². The fraction of sp³-hybridized carbons (Fsp3) is 0.400. The molecule has 0 aromatic heterocycles. The number of ether oxygens (including phenoxy) is 2. The van der Waals surface area contributed by atoms with Crippen LogP contribution in [-0.2, 0) is 10.0 Å². The molecule has 6 heteroatoms. The number of piperidine rings is 1. The summed E-state index contributed by atoms with van der Waals surface area (Å²) in [7, 11) is -0.375. The lowest BCUT2D eigenvalue weighted by Gasteiger charge is -2.35. The zero-order valence-electron chi connectivity index (χ0n) is 15.4. The van der Waals surface area contributed by atoms with Crippen LogP contribution in [0.5, 0.6) is 11.5 Å². The molecule has 0 unspecified atom stereocenters. The summed E-state index contributed by atoms with van der Waals surface area (Å²) in [5.74, 6) is 1.38. The topological polar surface area (TPSA) is 55.8 Å². The number of aryl methyl sites for hydroxylation is 1. The third-order valence-corrected chi connectivity index (χ3v) is 6.80. The molecule has 0 aliphatic carbocycles. The molecule has 1 atom stereocenters. The molecule has 1 fully saturated rings. The normalized spacial score (nSPS) is 18.5. The number of benzene rings is 2. The van der Waals surface area contributed by atoms with Crippen molar-refractivity contribution in [1.82, 2.24) is 4.31 Å². The van der Waals surface area contributed by atoms with E-state index < -0.39 is 10.0 Å². The number of rotatable bonds is 5. The first-order valence-electron chi connectivity index (χ1n) is 8.78. The molecule has 140 valence electrons. The Morgan fingerprint density at radius 3 is 2.38 bits per heavy atom. The molecule has 3 rings (SSSR count). The molecule has 1 heterocycles. The molecule has 1 saturated heterocycles.